The predicted molar refractivity (Wildman–Crippen MR) is 48.7 cm³/mol. The van der Waals surface area contributed by atoms with Gasteiger partial charge in [-0.2, -0.15) is 0 Å². The Morgan fingerprint density at radius 2 is 2.38 bits per heavy atom. The zero-order valence-electron chi connectivity index (χ0n) is 8.19. The van der Waals surface area contributed by atoms with Gasteiger partial charge in [0.25, 0.3) is 0 Å². The fraction of sp³-hybridized carbons (Fsp3) is 0.889. The summed E-state index contributed by atoms with van der Waals surface area (Å²) in [6, 6.07) is 0. The van der Waals surface area contributed by atoms with Crippen LogP contribution in [0.4, 0.5) is 0 Å². The molecule has 1 saturated heterocycles. The molecule has 0 aliphatic carbocycles. The highest BCUT2D eigenvalue weighted by Crippen LogP contribution is 2.22. The van der Waals surface area contributed by atoms with E-state index in [0.717, 1.165) is 19.5 Å². The average molecular weight is 187 g/mol. The van der Waals surface area contributed by atoms with Gasteiger partial charge in [-0.05, 0) is 25.9 Å². The Morgan fingerprint density at radius 1 is 1.69 bits per heavy atom. The molecule has 2 atom stereocenters. The summed E-state index contributed by atoms with van der Waals surface area (Å²) < 4.78 is 5.27. The van der Waals surface area contributed by atoms with E-state index in [1.54, 1.807) is 7.11 Å². The summed E-state index contributed by atoms with van der Waals surface area (Å²) in [5.74, 6) is -0.546. The second kappa shape index (κ2) is 4.58. The van der Waals surface area contributed by atoms with Gasteiger partial charge >= 0.3 is 5.97 Å². The first-order chi connectivity index (χ1) is 6.13. The lowest BCUT2D eigenvalue weighted by Crippen LogP contribution is -2.43. The molecule has 4 heteroatoms. The molecule has 1 fully saturated rings. The lowest BCUT2D eigenvalue weighted by atomic mass is 9.91. The Balaban J connectivity index is 2.47. The molecule has 0 aromatic heterocycles. The summed E-state index contributed by atoms with van der Waals surface area (Å²) in [5.41, 5.74) is 0. The highest BCUT2D eigenvalue weighted by Gasteiger charge is 2.29. The number of hydrogen-bond acceptors (Lipinski definition) is 3. The van der Waals surface area contributed by atoms with Crippen LogP contribution in [0.2, 0.25) is 0 Å². The second-order valence-electron chi connectivity index (χ2n) is 3.68. The molecule has 1 aliphatic rings. The summed E-state index contributed by atoms with van der Waals surface area (Å²) in [7, 11) is 3.68. The predicted octanol–water partition coefficient (Wildman–Crippen LogP) is 0.428. The maximum Gasteiger partial charge on any atom is 0.303 e. The maximum atomic E-state index is 10.5. The third kappa shape index (κ3) is 2.97. The van der Waals surface area contributed by atoms with Crippen LogP contribution in [0.15, 0.2) is 0 Å². The normalized spacial score (nSPS) is 30.3. The van der Waals surface area contributed by atoms with Gasteiger partial charge in [-0.15, -0.1) is 0 Å². The van der Waals surface area contributed by atoms with E-state index in [2.05, 4.69) is 4.90 Å². The quantitative estimate of drug-likeness (QED) is 0.696. The first kappa shape index (κ1) is 10.5. The highest BCUT2D eigenvalue weighted by molar-refractivity contribution is 5.67. The lowest BCUT2D eigenvalue weighted by Gasteiger charge is -2.35. The lowest BCUT2D eigenvalue weighted by molar-refractivity contribution is -0.140. The third-order valence-corrected chi connectivity index (χ3v) is 2.64. The zero-order valence-corrected chi connectivity index (χ0v) is 8.19. The summed E-state index contributed by atoms with van der Waals surface area (Å²) in [6.07, 6.45) is 1.23. The van der Waals surface area contributed by atoms with E-state index in [1.165, 1.54) is 0 Å². The number of carboxylic acids is 1. The summed E-state index contributed by atoms with van der Waals surface area (Å²) in [6.45, 7) is 1.81. The maximum absolute atomic E-state index is 10.5. The van der Waals surface area contributed by atoms with Gasteiger partial charge in [-0.3, -0.25) is 4.79 Å². The number of methoxy groups -OCH3 is 1. The van der Waals surface area contributed by atoms with Crippen molar-refractivity contribution in [2.24, 2.45) is 5.92 Å². The van der Waals surface area contributed by atoms with Crippen LogP contribution in [0.1, 0.15) is 12.8 Å². The number of nitrogens with zero attached hydrogens (tertiary/aromatic N) is 1. The van der Waals surface area contributed by atoms with E-state index in [0.29, 0.717) is 0 Å². The summed E-state index contributed by atoms with van der Waals surface area (Å²) in [5, 5.41) is 8.68. The molecule has 0 saturated carbocycles. The van der Waals surface area contributed by atoms with Crippen LogP contribution in [-0.4, -0.2) is 49.3 Å². The monoisotopic (exact) mass is 187 g/mol. The molecule has 13 heavy (non-hydrogen) atoms. The molecule has 1 aliphatic heterocycles. The Hall–Kier alpha value is -0.610. The standard InChI is InChI=1S/C9H17NO3/c1-10-4-3-7(5-9(11)12)8(6-10)13-2/h7-8H,3-6H2,1-2H3,(H,11,12). The van der Waals surface area contributed by atoms with Crippen LogP contribution in [0.3, 0.4) is 0 Å². The molecule has 4 nitrogen and oxygen atoms in total. The smallest absolute Gasteiger partial charge is 0.303 e. The van der Waals surface area contributed by atoms with Crippen LogP contribution in [0.25, 0.3) is 0 Å². The molecule has 0 bridgehead atoms. The van der Waals surface area contributed by atoms with Gasteiger partial charge in [0.15, 0.2) is 0 Å². The van der Waals surface area contributed by atoms with Gasteiger partial charge in [0.05, 0.1) is 12.5 Å². The number of rotatable bonds is 3. The first-order valence-corrected chi connectivity index (χ1v) is 4.56. The SMILES string of the molecule is COC1CN(C)CCC1CC(=O)O. The van der Waals surface area contributed by atoms with E-state index < -0.39 is 5.97 Å². The molecule has 0 aromatic rings. The Labute approximate surface area is 78.5 Å². The average Bonchev–Trinajstić information content (AvgIpc) is 2.07. The second-order valence-corrected chi connectivity index (χ2v) is 3.68. The molecule has 1 rings (SSSR count). The fourth-order valence-corrected chi connectivity index (χ4v) is 1.84. The summed E-state index contributed by atoms with van der Waals surface area (Å²) in [4.78, 5) is 12.7. The fourth-order valence-electron chi connectivity index (χ4n) is 1.84. The van der Waals surface area contributed by atoms with Gasteiger partial charge in [-0.1, -0.05) is 0 Å². The van der Waals surface area contributed by atoms with Crippen LogP contribution in [0.5, 0.6) is 0 Å². The topological polar surface area (TPSA) is 49.8 Å². The van der Waals surface area contributed by atoms with Crippen LogP contribution in [0, 0.1) is 5.92 Å². The molecular weight excluding hydrogens is 170 g/mol. The van der Waals surface area contributed by atoms with E-state index in [4.69, 9.17) is 9.84 Å². The molecule has 1 heterocycles. The van der Waals surface area contributed by atoms with Crippen molar-refractivity contribution >= 4 is 5.97 Å². The van der Waals surface area contributed by atoms with Gasteiger partial charge in [-0.25, -0.2) is 0 Å². The molecule has 76 valence electrons. The van der Waals surface area contributed by atoms with Gasteiger partial charge < -0.3 is 14.7 Å². The van der Waals surface area contributed by atoms with Crippen LogP contribution >= 0.6 is 0 Å². The zero-order chi connectivity index (χ0) is 9.84. The number of piperidine rings is 1. The van der Waals surface area contributed by atoms with Crippen molar-refractivity contribution in [1.29, 1.82) is 0 Å². The van der Waals surface area contributed by atoms with Crippen LogP contribution in [-0.2, 0) is 9.53 Å². The van der Waals surface area contributed by atoms with E-state index in [9.17, 15) is 4.79 Å². The van der Waals surface area contributed by atoms with Gasteiger partial charge in [0.2, 0.25) is 0 Å². The number of ether oxygens (including phenoxy) is 1. The highest BCUT2D eigenvalue weighted by atomic mass is 16.5. The van der Waals surface area contributed by atoms with Crippen molar-refractivity contribution < 1.29 is 14.6 Å². The molecule has 0 aromatic carbocycles. The van der Waals surface area contributed by atoms with E-state index in [1.807, 2.05) is 7.05 Å². The number of hydrogen-bond donors (Lipinski definition) is 1. The van der Waals surface area contributed by atoms with Crippen molar-refractivity contribution in [3.63, 3.8) is 0 Å². The van der Waals surface area contributed by atoms with Crippen LogP contribution < -0.4 is 0 Å². The Morgan fingerprint density at radius 3 is 2.92 bits per heavy atom. The Bertz CT molecular complexity index is 184. The molecule has 0 spiro atoms. The molecule has 2 unspecified atom stereocenters. The van der Waals surface area contributed by atoms with Crippen molar-refractivity contribution in [3.05, 3.63) is 0 Å². The molecule has 0 amide bonds. The van der Waals surface area contributed by atoms with E-state index in [-0.39, 0.29) is 18.4 Å². The number of aliphatic carboxylic acids is 1. The van der Waals surface area contributed by atoms with Gasteiger partial charge in [0.1, 0.15) is 0 Å². The molecule has 0 radical (unpaired) electrons. The minimum absolute atomic E-state index is 0.0786. The van der Waals surface area contributed by atoms with Gasteiger partial charge in [0, 0.05) is 13.7 Å². The molecule has 1 N–H and O–H groups in total. The number of likely N-dealkylation sites (N-methyl/N-ethyl adjacent to an activating group) is 1. The number of carboxylic acid groups (broad SMARTS) is 1. The minimum atomic E-state index is -0.725. The summed E-state index contributed by atoms with van der Waals surface area (Å²) >= 11 is 0. The van der Waals surface area contributed by atoms with Crippen molar-refractivity contribution in [2.45, 2.75) is 18.9 Å². The minimum Gasteiger partial charge on any atom is -0.481 e. The molecular formula is C9H17NO3. The van der Waals surface area contributed by atoms with E-state index >= 15 is 0 Å². The van der Waals surface area contributed by atoms with Crippen molar-refractivity contribution in [2.75, 3.05) is 27.2 Å². The largest absolute Gasteiger partial charge is 0.481 e. The number of likely N-dealkylation sites (tertiary alicyclic amines) is 1. The number of carbonyl (C=O) groups is 1. The third-order valence-electron chi connectivity index (χ3n) is 2.64. The van der Waals surface area contributed by atoms with Crippen molar-refractivity contribution in [3.8, 4) is 0 Å². The first-order valence-electron chi connectivity index (χ1n) is 4.56. The Kier molecular flexibility index (Phi) is 3.69. The van der Waals surface area contributed by atoms with Crippen molar-refractivity contribution in [1.82, 2.24) is 4.90 Å².